The van der Waals surface area contributed by atoms with E-state index in [0.717, 1.165) is 25.1 Å². The molecular formula is C18H23N3O. The highest BCUT2D eigenvalue weighted by Gasteiger charge is 2.28. The number of aromatic nitrogens is 2. The molecule has 116 valence electrons. The van der Waals surface area contributed by atoms with Crippen LogP contribution in [-0.2, 0) is 7.05 Å². The van der Waals surface area contributed by atoms with Crippen molar-refractivity contribution >= 4 is 5.91 Å². The van der Waals surface area contributed by atoms with Crippen molar-refractivity contribution in [3.05, 3.63) is 53.6 Å². The Balaban J connectivity index is 1.92. The largest absolute Gasteiger partial charge is 0.353 e. The third-order valence-corrected chi connectivity index (χ3v) is 4.50. The normalized spacial score (nSPS) is 19.0. The van der Waals surface area contributed by atoms with Gasteiger partial charge in [0.2, 0.25) is 0 Å². The Morgan fingerprint density at radius 2 is 2.09 bits per heavy atom. The van der Waals surface area contributed by atoms with Gasteiger partial charge in [-0.15, -0.1) is 0 Å². The molecule has 1 atom stereocenters. The zero-order valence-corrected chi connectivity index (χ0v) is 13.3. The van der Waals surface area contributed by atoms with E-state index in [1.54, 1.807) is 6.20 Å². The topological polar surface area (TPSA) is 38.1 Å². The minimum atomic E-state index is 0.0978. The van der Waals surface area contributed by atoms with Crippen LogP contribution in [0.2, 0.25) is 0 Å². The Bertz CT molecular complexity index is 645. The van der Waals surface area contributed by atoms with Gasteiger partial charge in [-0.05, 0) is 44.0 Å². The number of likely N-dealkylation sites (tertiary alicyclic amines) is 1. The Morgan fingerprint density at radius 1 is 1.23 bits per heavy atom. The monoisotopic (exact) mass is 297 g/mol. The maximum Gasteiger partial charge on any atom is 0.255 e. The molecular weight excluding hydrogens is 274 g/mol. The molecule has 0 saturated carbocycles. The molecule has 1 aliphatic rings. The fraction of sp³-hybridized carbons (Fsp3) is 0.444. The third kappa shape index (κ3) is 2.91. The molecule has 1 fully saturated rings. The standard InChI is InChI=1S/C18H23N3O/c1-14-9-10-15(13-19-14)18(22)21-12-5-3-4-7-17(21)16-8-6-11-20(16)2/h6,8-11,13,17H,3-5,7,12H2,1-2H3/t17-/m0/s1. The molecule has 1 aliphatic heterocycles. The zero-order valence-electron chi connectivity index (χ0n) is 13.3. The average molecular weight is 297 g/mol. The van der Waals surface area contributed by atoms with E-state index >= 15 is 0 Å². The Kier molecular flexibility index (Phi) is 4.27. The van der Waals surface area contributed by atoms with E-state index in [1.165, 1.54) is 18.5 Å². The van der Waals surface area contributed by atoms with Crippen LogP contribution in [0.15, 0.2) is 36.7 Å². The number of pyridine rings is 1. The molecule has 1 amide bonds. The van der Waals surface area contributed by atoms with Crippen LogP contribution in [0, 0.1) is 6.92 Å². The maximum atomic E-state index is 13.0. The third-order valence-electron chi connectivity index (χ3n) is 4.50. The molecule has 3 heterocycles. The van der Waals surface area contributed by atoms with Crippen molar-refractivity contribution in [3.63, 3.8) is 0 Å². The van der Waals surface area contributed by atoms with E-state index in [1.807, 2.05) is 24.0 Å². The maximum absolute atomic E-state index is 13.0. The quantitative estimate of drug-likeness (QED) is 0.851. The average Bonchev–Trinajstić information content (AvgIpc) is 2.80. The number of rotatable bonds is 2. The van der Waals surface area contributed by atoms with Crippen molar-refractivity contribution in [1.29, 1.82) is 0 Å². The fourth-order valence-electron chi connectivity index (χ4n) is 3.24. The van der Waals surface area contributed by atoms with Crippen molar-refractivity contribution in [2.24, 2.45) is 7.05 Å². The molecule has 0 radical (unpaired) electrons. The molecule has 3 rings (SSSR count). The van der Waals surface area contributed by atoms with Crippen LogP contribution in [0.25, 0.3) is 0 Å². The van der Waals surface area contributed by atoms with Gasteiger partial charge < -0.3 is 9.47 Å². The van der Waals surface area contributed by atoms with Crippen molar-refractivity contribution in [2.75, 3.05) is 6.54 Å². The second-order valence-electron chi connectivity index (χ2n) is 6.10. The minimum absolute atomic E-state index is 0.0978. The molecule has 0 aromatic carbocycles. The lowest BCUT2D eigenvalue weighted by Gasteiger charge is -2.30. The highest BCUT2D eigenvalue weighted by molar-refractivity contribution is 5.94. The van der Waals surface area contributed by atoms with Crippen molar-refractivity contribution in [2.45, 2.75) is 38.6 Å². The summed E-state index contributed by atoms with van der Waals surface area (Å²) in [7, 11) is 2.05. The first kappa shape index (κ1) is 14.8. The molecule has 2 aromatic heterocycles. The molecule has 0 unspecified atom stereocenters. The van der Waals surface area contributed by atoms with Crippen LogP contribution < -0.4 is 0 Å². The second-order valence-corrected chi connectivity index (χ2v) is 6.10. The summed E-state index contributed by atoms with van der Waals surface area (Å²) >= 11 is 0. The van der Waals surface area contributed by atoms with Gasteiger partial charge in [0.25, 0.3) is 5.91 Å². The van der Waals surface area contributed by atoms with Gasteiger partial charge in [-0.25, -0.2) is 0 Å². The summed E-state index contributed by atoms with van der Waals surface area (Å²) in [5.41, 5.74) is 2.84. The summed E-state index contributed by atoms with van der Waals surface area (Å²) in [6.45, 7) is 2.76. The number of hydrogen-bond donors (Lipinski definition) is 0. The summed E-state index contributed by atoms with van der Waals surface area (Å²) in [5, 5.41) is 0. The van der Waals surface area contributed by atoms with Crippen molar-refractivity contribution in [3.8, 4) is 0 Å². The van der Waals surface area contributed by atoms with Gasteiger partial charge in [0, 0.05) is 37.4 Å². The highest BCUT2D eigenvalue weighted by Crippen LogP contribution is 2.31. The van der Waals surface area contributed by atoms with E-state index < -0.39 is 0 Å². The molecule has 0 N–H and O–H groups in total. The van der Waals surface area contributed by atoms with Gasteiger partial charge >= 0.3 is 0 Å². The van der Waals surface area contributed by atoms with Crippen molar-refractivity contribution in [1.82, 2.24) is 14.5 Å². The van der Waals surface area contributed by atoms with Gasteiger partial charge in [0.1, 0.15) is 0 Å². The molecule has 4 heteroatoms. The van der Waals surface area contributed by atoms with Crippen LogP contribution in [0.3, 0.4) is 0 Å². The Labute approximate surface area is 131 Å². The summed E-state index contributed by atoms with van der Waals surface area (Å²) in [4.78, 5) is 19.3. The summed E-state index contributed by atoms with van der Waals surface area (Å²) in [6, 6.07) is 8.14. The van der Waals surface area contributed by atoms with E-state index in [-0.39, 0.29) is 11.9 Å². The molecule has 0 spiro atoms. The Hall–Kier alpha value is -2.10. The van der Waals surface area contributed by atoms with Crippen LogP contribution >= 0.6 is 0 Å². The number of hydrogen-bond acceptors (Lipinski definition) is 2. The summed E-state index contributed by atoms with van der Waals surface area (Å²) in [5.74, 6) is 0.0978. The number of aryl methyl sites for hydroxylation is 2. The summed E-state index contributed by atoms with van der Waals surface area (Å²) in [6.07, 6.45) is 8.22. The van der Waals surface area contributed by atoms with Crippen LogP contribution in [0.1, 0.15) is 53.5 Å². The zero-order chi connectivity index (χ0) is 15.5. The molecule has 22 heavy (non-hydrogen) atoms. The molecule has 1 saturated heterocycles. The van der Waals surface area contributed by atoms with E-state index in [0.29, 0.717) is 5.56 Å². The first-order chi connectivity index (χ1) is 10.7. The van der Waals surface area contributed by atoms with Gasteiger partial charge in [-0.3, -0.25) is 9.78 Å². The van der Waals surface area contributed by atoms with Gasteiger partial charge in [0.05, 0.1) is 11.6 Å². The summed E-state index contributed by atoms with van der Waals surface area (Å²) < 4.78 is 2.13. The lowest BCUT2D eigenvalue weighted by atomic mass is 10.1. The van der Waals surface area contributed by atoms with Gasteiger partial charge in [-0.2, -0.15) is 0 Å². The number of carbonyl (C=O) groups is 1. The van der Waals surface area contributed by atoms with E-state index in [9.17, 15) is 4.79 Å². The molecule has 2 aromatic rings. The lowest BCUT2D eigenvalue weighted by molar-refractivity contribution is 0.0674. The SMILES string of the molecule is Cc1ccc(C(=O)N2CCCCC[C@H]2c2cccn2C)cn1. The van der Waals surface area contributed by atoms with E-state index in [4.69, 9.17) is 0 Å². The molecule has 4 nitrogen and oxygen atoms in total. The molecule has 0 bridgehead atoms. The Morgan fingerprint density at radius 3 is 2.77 bits per heavy atom. The number of carbonyl (C=O) groups excluding carboxylic acids is 1. The highest BCUT2D eigenvalue weighted by atomic mass is 16.2. The van der Waals surface area contributed by atoms with Gasteiger partial charge in [-0.1, -0.05) is 12.8 Å². The van der Waals surface area contributed by atoms with E-state index in [2.05, 4.69) is 34.9 Å². The number of nitrogens with zero attached hydrogens (tertiary/aromatic N) is 3. The minimum Gasteiger partial charge on any atom is -0.353 e. The first-order valence-corrected chi connectivity index (χ1v) is 8.01. The number of amides is 1. The van der Waals surface area contributed by atoms with Gasteiger partial charge in [0.15, 0.2) is 0 Å². The fourth-order valence-corrected chi connectivity index (χ4v) is 3.24. The predicted octanol–water partition coefficient (Wildman–Crippen LogP) is 3.49. The van der Waals surface area contributed by atoms with Crippen molar-refractivity contribution < 1.29 is 4.79 Å². The smallest absolute Gasteiger partial charge is 0.255 e. The first-order valence-electron chi connectivity index (χ1n) is 8.01. The predicted molar refractivity (Wildman–Crippen MR) is 86.6 cm³/mol. The van der Waals surface area contributed by atoms with Crippen LogP contribution in [0.4, 0.5) is 0 Å². The molecule has 0 aliphatic carbocycles. The lowest BCUT2D eigenvalue weighted by Crippen LogP contribution is -2.35. The van der Waals surface area contributed by atoms with Crippen LogP contribution in [-0.4, -0.2) is 26.9 Å². The second kappa shape index (κ2) is 6.34. The van der Waals surface area contributed by atoms with Crippen LogP contribution in [0.5, 0.6) is 0 Å².